The second-order valence-electron chi connectivity index (χ2n) is 4.56. The third-order valence-electron chi connectivity index (χ3n) is 3.17. The van der Waals surface area contributed by atoms with Crippen LogP contribution < -0.4 is 0 Å². The molecule has 2 aromatic rings. The zero-order chi connectivity index (χ0) is 13.0. The molecule has 96 valence electrons. The quantitative estimate of drug-likeness (QED) is 0.675. The Balaban J connectivity index is 2.33. The number of thiazole rings is 1. The minimum atomic E-state index is 0.0975. The number of alkyl halides is 2. The van der Waals surface area contributed by atoms with E-state index < -0.39 is 0 Å². The van der Waals surface area contributed by atoms with Crippen LogP contribution in [0.4, 0.5) is 0 Å². The molecule has 0 fully saturated rings. The van der Waals surface area contributed by atoms with Crippen LogP contribution in [0.5, 0.6) is 0 Å². The van der Waals surface area contributed by atoms with Crippen LogP contribution in [0.1, 0.15) is 16.0 Å². The maximum atomic E-state index is 4.17. The second-order valence-corrected chi connectivity index (χ2v) is 6.65. The fraction of sp³-hybridized carbons (Fsp3) is 0.357. The topological polar surface area (TPSA) is 12.9 Å². The molecule has 1 aromatic carbocycles. The Morgan fingerprint density at radius 3 is 2.33 bits per heavy atom. The van der Waals surface area contributed by atoms with Crippen LogP contribution in [0.25, 0.3) is 0 Å². The summed E-state index contributed by atoms with van der Waals surface area (Å²) in [6.07, 6.45) is 2.98. The number of aryl methyl sites for hydroxylation is 1. The van der Waals surface area contributed by atoms with E-state index >= 15 is 0 Å². The summed E-state index contributed by atoms with van der Waals surface area (Å²) < 4.78 is 0. The molecule has 0 bridgehead atoms. The van der Waals surface area contributed by atoms with Gasteiger partial charge in [0.2, 0.25) is 0 Å². The van der Waals surface area contributed by atoms with Crippen molar-refractivity contribution in [3.8, 4) is 0 Å². The van der Waals surface area contributed by atoms with Crippen LogP contribution in [0, 0.1) is 6.92 Å². The fourth-order valence-electron chi connectivity index (χ4n) is 1.96. The highest BCUT2D eigenvalue weighted by Gasteiger charge is 2.30. The molecule has 1 nitrogen and oxygen atoms in total. The number of benzene rings is 1. The maximum Gasteiger partial charge on any atom is 0.0794 e. The van der Waals surface area contributed by atoms with E-state index in [9.17, 15) is 0 Å². The van der Waals surface area contributed by atoms with Gasteiger partial charge in [-0.15, -0.1) is 11.3 Å². The highest BCUT2D eigenvalue weighted by molar-refractivity contribution is 9.09. The zero-order valence-electron chi connectivity index (χ0n) is 10.2. The minimum Gasteiger partial charge on any atom is -0.253 e. The predicted octanol–water partition coefficient (Wildman–Crippen LogP) is 4.72. The summed E-state index contributed by atoms with van der Waals surface area (Å²) in [7, 11) is 0. The van der Waals surface area contributed by atoms with E-state index in [1.807, 2.05) is 11.7 Å². The lowest BCUT2D eigenvalue weighted by Crippen LogP contribution is -2.32. The molecule has 4 heteroatoms. The molecule has 0 saturated carbocycles. The fourth-order valence-corrected chi connectivity index (χ4v) is 4.67. The largest absolute Gasteiger partial charge is 0.253 e. The van der Waals surface area contributed by atoms with Gasteiger partial charge in [0.1, 0.15) is 0 Å². The van der Waals surface area contributed by atoms with Gasteiger partial charge in [-0.2, -0.15) is 0 Å². The van der Waals surface area contributed by atoms with Crippen molar-refractivity contribution >= 4 is 43.2 Å². The van der Waals surface area contributed by atoms with Crippen LogP contribution in [0.15, 0.2) is 36.0 Å². The lowest BCUT2D eigenvalue weighted by atomic mass is 9.81. The van der Waals surface area contributed by atoms with Crippen molar-refractivity contribution in [3.05, 3.63) is 52.0 Å². The molecule has 0 saturated heterocycles. The Kier molecular flexibility index (Phi) is 4.98. The molecular weight excluding hydrogens is 374 g/mol. The monoisotopic (exact) mass is 387 g/mol. The summed E-state index contributed by atoms with van der Waals surface area (Å²) >= 11 is 9.10. The van der Waals surface area contributed by atoms with E-state index in [0.717, 1.165) is 17.1 Å². The van der Waals surface area contributed by atoms with E-state index in [4.69, 9.17) is 0 Å². The molecule has 0 radical (unpaired) electrons. The van der Waals surface area contributed by atoms with Crippen molar-refractivity contribution in [3.63, 3.8) is 0 Å². The first-order valence-electron chi connectivity index (χ1n) is 5.77. The third kappa shape index (κ3) is 3.03. The normalized spacial score (nSPS) is 11.7. The molecule has 0 N–H and O–H groups in total. The third-order valence-corrected chi connectivity index (χ3v) is 6.10. The van der Waals surface area contributed by atoms with E-state index in [2.05, 4.69) is 68.0 Å². The first-order valence-corrected chi connectivity index (χ1v) is 8.89. The number of aromatic nitrogens is 1. The number of hydrogen-bond donors (Lipinski definition) is 0. The molecule has 0 aliphatic heterocycles. The summed E-state index contributed by atoms with van der Waals surface area (Å²) in [6.45, 7) is 2.12. The molecule has 0 spiro atoms. The smallest absolute Gasteiger partial charge is 0.0794 e. The molecular formula is C14H15Br2NS. The lowest BCUT2D eigenvalue weighted by molar-refractivity contribution is 0.555. The van der Waals surface area contributed by atoms with Gasteiger partial charge in [0.15, 0.2) is 0 Å². The summed E-state index contributed by atoms with van der Waals surface area (Å²) in [5, 5.41) is 1.87. The van der Waals surface area contributed by atoms with Gasteiger partial charge in [-0.1, -0.05) is 61.7 Å². The standard InChI is InChI=1S/C14H15Br2NS/c1-11-2-4-12(5-3-11)14(8-15,9-16)6-13-7-17-10-18-13/h2-5,7,10H,6,8-9H2,1H3. The first-order chi connectivity index (χ1) is 8.70. The highest BCUT2D eigenvalue weighted by atomic mass is 79.9. The number of nitrogens with zero attached hydrogens (tertiary/aromatic N) is 1. The first kappa shape index (κ1) is 14.2. The van der Waals surface area contributed by atoms with Crippen molar-refractivity contribution in [2.75, 3.05) is 10.7 Å². The van der Waals surface area contributed by atoms with Gasteiger partial charge in [-0.25, -0.2) is 0 Å². The van der Waals surface area contributed by atoms with E-state index in [-0.39, 0.29) is 5.41 Å². The Hall–Kier alpha value is -0.190. The summed E-state index contributed by atoms with van der Waals surface area (Å²) in [5.74, 6) is 0. The average Bonchev–Trinajstić information content (AvgIpc) is 2.90. The molecule has 0 aliphatic rings. The number of hydrogen-bond acceptors (Lipinski definition) is 2. The SMILES string of the molecule is Cc1ccc(C(CBr)(CBr)Cc2cncs2)cc1. The van der Waals surface area contributed by atoms with Crippen molar-refractivity contribution in [2.45, 2.75) is 18.8 Å². The maximum absolute atomic E-state index is 4.17. The minimum absolute atomic E-state index is 0.0975. The molecule has 0 amide bonds. The Labute approximate surface area is 129 Å². The van der Waals surface area contributed by atoms with Crippen LogP contribution in [-0.4, -0.2) is 15.6 Å². The molecule has 18 heavy (non-hydrogen) atoms. The van der Waals surface area contributed by atoms with Crippen molar-refractivity contribution in [2.24, 2.45) is 0 Å². The van der Waals surface area contributed by atoms with E-state index in [1.165, 1.54) is 16.0 Å². The molecule has 1 aromatic heterocycles. The van der Waals surface area contributed by atoms with Crippen molar-refractivity contribution in [1.82, 2.24) is 4.98 Å². The molecule has 0 atom stereocenters. The number of halogens is 2. The Morgan fingerprint density at radius 1 is 1.17 bits per heavy atom. The number of rotatable bonds is 5. The zero-order valence-corrected chi connectivity index (χ0v) is 14.2. The van der Waals surface area contributed by atoms with Gasteiger partial charge >= 0.3 is 0 Å². The second kappa shape index (κ2) is 6.31. The Morgan fingerprint density at radius 2 is 1.83 bits per heavy atom. The van der Waals surface area contributed by atoms with Crippen molar-refractivity contribution in [1.29, 1.82) is 0 Å². The van der Waals surface area contributed by atoms with Crippen LogP contribution >= 0.6 is 43.2 Å². The van der Waals surface area contributed by atoms with Gasteiger partial charge in [0.25, 0.3) is 0 Å². The van der Waals surface area contributed by atoms with E-state index in [0.29, 0.717) is 0 Å². The van der Waals surface area contributed by atoms with Gasteiger partial charge < -0.3 is 0 Å². The van der Waals surface area contributed by atoms with Gasteiger partial charge in [0, 0.05) is 27.1 Å². The molecule has 2 rings (SSSR count). The Bertz CT molecular complexity index is 475. The molecule has 0 aliphatic carbocycles. The summed E-state index contributed by atoms with van der Waals surface area (Å²) in [4.78, 5) is 5.50. The summed E-state index contributed by atoms with van der Waals surface area (Å²) in [6, 6.07) is 8.84. The summed E-state index contributed by atoms with van der Waals surface area (Å²) in [5.41, 5.74) is 4.67. The predicted molar refractivity (Wildman–Crippen MR) is 86.3 cm³/mol. The van der Waals surface area contributed by atoms with Gasteiger partial charge in [0.05, 0.1) is 5.51 Å². The average molecular weight is 389 g/mol. The van der Waals surface area contributed by atoms with Gasteiger partial charge in [-0.3, -0.25) is 4.98 Å². The van der Waals surface area contributed by atoms with E-state index in [1.54, 1.807) is 11.3 Å². The van der Waals surface area contributed by atoms with Crippen molar-refractivity contribution < 1.29 is 0 Å². The molecule has 1 heterocycles. The lowest BCUT2D eigenvalue weighted by Gasteiger charge is -2.30. The van der Waals surface area contributed by atoms with Crippen LogP contribution in [0.2, 0.25) is 0 Å². The van der Waals surface area contributed by atoms with Gasteiger partial charge in [-0.05, 0) is 18.9 Å². The molecule has 0 unspecified atom stereocenters. The highest BCUT2D eigenvalue weighted by Crippen LogP contribution is 2.33. The van der Waals surface area contributed by atoms with Crippen LogP contribution in [-0.2, 0) is 11.8 Å². The van der Waals surface area contributed by atoms with Crippen LogP contribution in [0.3, 0.4) is 0 Å².